The first-order chi connectivity index (χ1) is 9.81. The average molecular weight is 332 g/mol. The predicted octanol–water partition coefficient (Wildman–Crippen LogP) is 3.29. The second-order valence-corrected chi connectivity index (χ2v) is 6.93. The molecular formula is C13H27F3N2O2S. The van der Waals surface area contributed by atoms with E-state index in [0.29, 0.717) is 6.42 Å². The summed E-state index contributed by atoms with van der Waals surface area (Å²) >= 11 is 0. The molecule has 0 heterocycles. The summed E-state index contributed by atoms with van der Waals surface area (Å²) in [6.07, 6.45) is 10.1. The van der Waals surface area contributed by atoms with E-state index >= 15 is 0 Å². The van der Waals surface area contributed by atoms with E-state index in [9.17, 15) is 21.6 Å². The first kappa shape index (κ1) is 20.7. The largest absolute Gasteiger partial charge is 0.511 e. The number of hydrogen-bond donors (Lipinski definition) is 2. The van der Waals surface area contributed by atoms with Crippen molar-refractivity contribution < 1.29 is 21.6 Å². The average Bonchev–Trinajstić information content (AvgIpc) is 2.38. The van der Waals surface area contributed by atoms with Gasteiger partial charge < -0.3 is 5.73 Å². The Bertz CT molecular complexity index is 346. The Kier molecular flexibility index (Phi) is 11.1. The Morgan fingerprint density at radius 2 is 1.14 bits per heavy atom. The molecule has 0 spiro atoms. The summed E-state index contributed by atoms with van der Waals surface area (Å²) in [5, 5.41) is 0. The third kappa shape index (κ3) is 11.0. The molecule has 21 heavy (non-hydrogen) atoms. The molecule has 0 saturated carbocycles. The lowest BCUT2D eigenvalue weighted by molar-refractivity contribution is -0.0447. The van der Waals surface area contributed by atoms with Crippen LogP contribution in [-0.4, -0.2) is 27.0 Å². The van der Waals surface area contributed by atoms with E-state index in [2.05, 4.69) is 0 Å². The monoisotopic (exact) mass is 332 g/mol. The van der Waals surface area contributed by atoms with Gasteiger partial charge in [0.15, 0.2) is 0 Å². The molecule has 0 amide bonds. The van der Waals surface area contributed by atoms with Gasteiger partial charge in [-0.1, -0.05) is 51.4 Å². The third-order valence-corrected chi connectivity index (χ3v) is 4.42. The summed E-state index contributed by atoms with van der Waals surface area (Å²) in [6.45, 7) is 0.596. The van der Waals surface area contributed by atoms with Crippen molar-refractivity contribution in [2.45, 2.75) is 69.7 Å². The first-order valence-corrected chi connectivity index (χ1v) is 9.05. The SMILES string of the molecule is NCCCCCCCCCCCCNS(=O)(=O)C(F)(F)F. The van der Waals surface area contributed by atoms with E-state index in [4.69, 9.17) is 5.73 Å². The van der Waals surface area contributed by atoms with Crippen molar-refractivity contribution in [3.05, 3.63) is 0 Å². The van der Waals surface area contributed by atoms with E-state index in [0.717, 1.165) is 38.6 Å². The standard InChI is InChI=1S/C13H27F3N2O2S/c14-13(15,16)21(19,20)18-12-10-8-6-4-2-1-3-5-7-9-11-17/h18H,1-12,17H2. The van der Waals surface area contributed by atoms with Gasteiger partial charge >= 0.3 is 15.5 Å². The van der Waals surface area contributed by atoms with Gasteiger partial charge in [0.2, 0.25) is 0 Å². The molecule has 0 aliphatic rings. The smallest absolute Gasteiger partial charge is 0.330 e. The second kappa shape index (κ2) is 11.3. The number of alkyl halides is 3. The van der Waals surface area contributed by atoms with Crippen LogP contribution in [0.1, 0.15) is 64.2 Å². The minimum absolute atomic E-state index is 0.152. The summed E-state index contributed by atoms with van der Waals surface area (Å²) in [7, 11) is -5.17. The molecule has 0 aliphatic heterocycles. The van der Waals surface area contributed by atoms with Crippen molar-refractivity contribution in [1.82, 2.24) is 4.72 Å². The maximum Gasteiger partial charge on any atom is 0.511 e. The number of nitrogens with two attached hydrogens (primary N) is 1. The van der Waals surface area contributed by atoms with Crippen molar-refractivity contribution in [3.8, 4) is 0 Å². The Labute approximate surface area is 125 Å². The van der Waals surface area contributed by atoms with Gasteiger partial charge in [-0.05, 0) is 19.4 Å². The molecule has 0 fully saturated rings. The summed E-state index contributed by atoms with van der Waals surface area (Å²) < 4.78 is 59.0. The maximum absolute atomic E-state index is 12.0. The number of rotatable bonds is 13. The molecule has 0 bridgehead atoms. The Hall–Kier alpha value is -0.340. The minimum Gasteiger partial charge on any atom is -0.330 e. The van der Waals surface area contributed by atoms with Gasteiger partial charge in [0.05, 0.1) is 0 Å². The van der Waals surface area contributed by atoms with Gasteiger partial charge in [0.1, 0.15) is 0 Å². The first-order valence-electron chi connectivity index (χ1n) is 7.57. The Morgan fingerprint density at radius 3 is 1.52 bits per heavy atom. The van der Waals surface area contributed by atoms with E-state index in [-0.39, 0.29) is 6.54 Å². The maximum atomic E-state index is 12.0. The van der Waals surface area contributed by atoms with Crippen LogP contribution in [0.25, 0.3) is 0 Å². The van der Waals surface area contributed by atoms with E-state index in [1.807, 2.05) is 0 Å². The van der Waals surface area contributed by atoms with Crippen molar-refractivity contribution in [1.29, 1.82) is 0 Å². The van der Waals surface area contributed by atoms with Crippen molar-refractivity contribution in [2.24, 2.45) is 5.73 Å². The summed E-state index contributed by atoms with van der Waals surface area (Å²) in [5.74, 6) is 0. The third-order valence-electron chi connectivity index (χ3n) is 3.23. The lowest BCUT2D eigenvalue weighted by atomic mass is 10.1. The zero-order valence-electron chi connectivity index (χ0n) is 12.4. The molecule has 0 aromatic heterocycles. The molecule has 0 radical (unpaired) electrons. The van der Waals surface area contributed by atoms with E-state index < -0.39 is 15.5 Å². The van der Waals surface area contributed by atoms with Crippen molar-refractivity contribution in [3.63, 3.8) is 0 Å². The molecule has 8 heteroatoms. The molecule has 0 aliphatic carbocycles. The Morgan fingerprint density at radius 1 is 0.762 bits per heavy atom. The molecule has 3 N–H and O–H groups in total. The molecule has 4 nitrogen and oxygen atoms in total. The number of nitrogens with one attached hydrogen (secondary N) is 1. The molecule has 0 aromatic rings. The number of unbranched alkanes of at least 4 members (excludes halogenated alkanes) is 9. The normalized spacial score (nSPS) is 12.8. The van der Waals surface area contributed by atoms with Gasteiger partial charge in [-0.15, -0.1) is 0 Å². The Balaban J connectivity index is 3.34. The van der Waals surface area contributed by atoms with Crippen LogP contribution in [0.2, 0.25) is 0 Å². The van der Waals surface area contributed by atoms with Gasteiger partial charge in [-0.2, -0.15) is 13.2 Å². The van der Waals surface area contributed by atoms with E-state index in [1.165, 1.54) is 25.7 Å². The fourth-order valence-electron chi connectivity index (χ4n) is 1.97. The molecule has 0 atom stereocenters. The quantitative estimate of drug-likeness (QED) is 0.508. The van der Waals surface area contributed by atoms with Crippen LogP contribution in [0, 0.1) is 0 Å². The van der Waals surface area contributed by atoms with Crippen LogP contribution in [-0.2, 0) is 10.0 Å². The van der Waals surface area contributed by atoms with E-state index in [1.54, 1.807) is 4.72 Å². The fraction of sp³-hybridized carbons (Fsp3) is 1.00. The highest BCUT2D eigenvalue weighted by atomic mass is 32.2. The van der Waals surface area contributed by atoms with Gasteiger partial charge in [-0.25, -0.2) is 13.1 Å². The highest BCUT2D eigenvalue weighted by Crippen LogP contribution is 2.21. The molecule has 0 unspecified atom stereocenters. The highest BCUT2D eigenvalue weighted by molar-refractivity contribution is 7.90. The van der Waals surface area contributed by atoms with Crippen molar-refractivity contribution >= 4 is 10.0 Å². The zero-order chi connectivity index (χ0) is 16.2. The van der Waals surface area contributed by atoms with Crippen molar-refractivity contribution in [2.75, 3.05) is 13.1 Å². The van der Waals surface area contributed by atoms with Gasteiger partial charge in [0.25, 0.3) is 0 Å². The predicted molar refractivity (Wildman–Crippen MR) is 78.2 cm³/mol. The van der Waals surface area contributed by atoms with Crippen LogP contribution in [0.4, 0.5) is 13.2 Å². The minimum atomic E-state index is -5.21. The topological polar surface area (TPSA) is 72.2 Å². The molecule has 0 rings (SSSR count). The number of sulfonamides is 1. The fourth-order valence-corrected chi connectivity index (χ4v) is 2.55. The molecule has 0 saturated heterocycles. The van der Waals surface area contributed by atoms with Crippen LogP contribution < -0.4 is 10.5 Å². The number of hydrogen-bond acceptors (Lipinski definition) is 3. The van der Waals surface area contributed by atoms with Crippen LogP contribution in [0.3, 0.4) is 0 Å². The lowest BCUT2D eigenvalue weighted by Gasteiger charge is -2.09. The summed E-state index contributed by atoms with van der Waals surface area (Å²) in [6, 6.07) is 0. The van der Waals surface area contributed by atoms with Gasteiger partial charge in [-0.3, -0.25) is 0 Å². The summed E-state index contributed by atoms with van der Waals surface area (Å²) in [5.41, 5.74) is 0.183. The number of halogens is 3. The molecule has 0 aromatic carbocycles. The van der Waals surface area contributed by atoms with Gasteiger partial charge in [0, 0.05) is 6.54 Å². The molecule has 128 valence electrons. The zero-order valence-corrected chi connectivity index (χ0v) is 13.2. The van der Waals surface area contributed by atoms with Crippen LogP contribution >= 0.6 is 0 Å². The second-order valence-electron chi connectivity index (χ2n) is 5.17. The van der Waals surface area contributed by atoms with Crippen LogP contribution in [0.5, 0.6) is 0 Å². The summed E-state index contributed by atoms with van der Waals surface area (Å²) in [4.78, 5) is 0. The molecular weight excluding hydrogens is 305 g/mol. The lowest BCUT2D eigenvalue weighted by Crippen LogP contribution is -2.36. The highest BCUT2D eigenvalue weighted by Gasteiger charge is 2.45. The van der Waals surface area contributed by atoms with Crippen LogP contribution in [0.15, 0.2) is 0 Å².